The molecule has 1 atom stereocenters. The standard InChI is InChI=1S/C20H22F3N3O3/c1-13(14-4-2-5-15(10-14)20(21,22)23)26(16-7-8-16)12-18(27)25-19(28)24-11-17-6-3-9-29-17/h2-6,9-10,13,16H,7-8,11-12H2,1H3,(H2,24,25,27,28). The van der Waals surface area contributed by atoms with E-state index in [9.17, 15) is 22.8 Å². The van der Waals surface area contributed by atoms with Crippen LogP contribution in [0.5, 0.6) is 0 Å². The minimum absolute atomic E-state index is 0.0871. The summed E-state index contributed by atoms with van der Waals surface area (Å²) >= 11 is 0. The third kappa shape index (κ3) is 5.83. The highest BCUT2D eigenvalue weighted by Crippen LogP contribution is 2.36. The lowest BCUT2D eigenvalue weighted by Gasteiger charge is -2.29. The smallest absolute Gasteiger partial charge is 0.416 e. The molecule has 2 aromatic rings. The van der Waals surface area contributed by atoms with Crippen LogP contribution in [0, 0.1) is 0 Å². The summed E-state index contributed by atoms with van der Waals surface area (Å²) in [5, 5.41) is 4.76. The topological polar surface area (TPSA) is 74.6 Å². The van der Waals surface area contributed by atoms with Gasteiger partial charge in [0, 0.05) is 12.1 Å². The fourth-order valence-corrected chi connectivity index (χ4v) is 3.11. The van der Waals surface area contributed by atoms with Crippen molar-refractivity contribution in [2.45, 2.75) is 44.6 Å². The average Bonchev–Trinajstić information content (AvgIpc) is 3.38. The first-order valence-corrected chi connectivity index (χ1v) is 9.27. The van der Waals surface area contributed by atoms with Crippen molar-refractivity contribution in [2.75, 3.05) is 6.54 Å². The molecule has 1 unspecified atom stereocenters. The van der Waals surface area contributed by atoms with E-state index in [0.29, 0.717) is 11.3 Å². The summed E-state index contributed by atoms with van der Waals surface area (Å²) in [6.45, 7) is 1.81. The molecule has 156 valence electrons. The third-order valence-electron chi connectivity index (χ3n) is 4.79. The Morgan fingerprint density at radius 2 is 2.00 bits per heavy atom. The number of hydrogen-bond donors (Lipinski definition) is 2. The summed E-state index contributed by atoms with van der Waals surface area (Å²) in [5.41, 5.74) is -0.249. The van der Waals surface area contributed by atoms with Gasteiger partial charge < -0.3 is 9.73 Å². The molecule has 1 saturated carbocycles. The summed E-state index contributed by atoms with van der Waals surface area (Å²) in [7, 11) is 0. The summed E-state index contributed by atoms with van der Waals surface area (Å²) in [6, 6.07) is 7.52. The lowest BCUT2D eigenvalue weighted by atomic mass is 10.0. The molecule has 3 amide bonds. The van der Waals surface area contributed by atoms with E-state index in [1.807, 2.05) is 4.90 Å². The largest absolute Gasteiger partial charge is 0.467 e. The summed E-state index contributed by atoms with van der Waals surface area (Å²) in [4.78, 5) is 26.0. The van der Waals surface area contributed by atoms with Gasteiger partial charge in [-0.05, 0) is 49.6 Å². The number of nitrogens with zero attached hydrogens (tertiary/aromatic N) is 1. The molecule has 29 heavy (non-hydrogen) atoms. The van der Waals surface area contributed by atoms with Gasteiger partial charge in [0.15, 0.2) is 0 Å². The van der Waals surface area contributed by atoms with E-state index < -0.39 is 29.7 Å². The minimum atomic E-state index is -4.43. The molecular formula is C20H22F3N3O3. The number of amides is 3. The Labute approximate surface area is 166 Å². The van der Waals surface area contributed by atoms with E-state index >= 15 is 0 Å². The fraction of sp³-hybridized carbons (Fsp3) is 0.400. The first-order valence-electron chi connectivity index (χ1n) is 9.27. The van der Waals surface area contributed by atoms with Crippen molar-refractivity contribution in [1.29, 1.82) is 0 Å². The molecule has 1 aliphatic carbocycles. The molecule has 2 N–H and O–H groups in total. The van der Waals surface area contributed by atoms with Crippen LogP contribution in [0.2, 0.25) is 0 Å². The molecule has 1 aromatic heterocycles. The Morgan fingerprint density at radius 3 is 2.62 bits per heavy atom. The number of benzene rings is 1. The Balaban J connectivity index is 1.59. The highest BCUT2D eigenvalue weighted by atomic mass is 19.4. The number of rotatable bonds is 7. The predicted octanol–water partition coefficient (Wildman–Crippen LogP) is 3.85. The third-order valence-corrected chi connectivity index (χ3v) is 4.79. The van der Waals surface area contributed by atoms with Crippen LogP contribution in [0.15, 0.2) is 47.1 Å². The quantitative estimate of drug-likeness (QED) is 0.729. The molecule has 0 bridgehead atoms. The minimum Gasteiger partial charge on any atom is -0.467 e. The van der Waals surface area contributed by atoms with Gasteiger partial charge in [-0.3, -0.25) is 15.0 Å². The summed E-state index contributed by atoms with van der Waals surface area (Å²) in [5.74, 6) is 0.0260. The van der Waals surface area contributed by atoms with Gasteiger partial charge in [-0.25, -0.2) is 4.79 Å². The lowest BCUT2D eigenvalue weighted by Crippen LogP contribution is -2.45. The highest BCUT2D eigenvalue weighted by molar-refractivity contribution is 5.95. The molecule has 0 radical (unpaired) electrons. The number of hydrogen-bond acceptors (Lipinski definition) is 4. The van der Waals surface area contributed by atoms with Crippen molar-refractivity contribution in [3.8, 4) is 0 Å². The van der Waals surface area contributed by atoms with Gasteiger partial charge in [-0.2, -0.15) is 13.2 Å². The maximum Gasteiger partial charge on any atom is 0.416 e. The highest BCUT2D eigenvalue weighted by Gasteiger charge is 2.36. The Kier molecular flexibility index (Phi) is 6.26. The average molecular weight is 409 g/mol. The van der Waals surface area contributed by atoms with Crippen LogP contribution in [0.25, 0.3) is 0 Å². The van der Waals surface area contributed by atoms with Gasteiger partial charge in [0.25, 0.3) is 0 Å². The number of alkyl halides is 3. The molecule has 0 aliphatic heterocycles. The van der Waals surface area contributed by atoms with Crippen LogP contribution in [-0.4, -0.2) is 29.4 Å². The van der Waals surface area contributed by atoms with Crippen LogP contribution in [-0.2, 0) is 17.5 Å². The number of nitrogens with one attached hydrogen (secondary N) is 2. The van der Waals surface area contributed by atoms with Crippen molar-refractivity contribution in [3.63, 3.8) is 0 Å². The molecule has 1 aliphatic rings. The second-order valence-electron chi connectivity index (χ2n) is 7.01. The summed E-state index contributed by atoms with van der Waals surface area (Å²) in [6.07, 6.45) is -1.23. The molecule has 1 aromatic carbocycles. The van der Waals surface area contributed by atoms with Crippen molar-refractivity contribution >= 4 is 11.9 Å². The molecular weight excluding hydrogens is 387 g/mol. The first kappa shape index (κ1) is 20.9. The molecule has 3 rings (SSSR count). The molecule has 1 heterocycles. The molecule has 0 spiro atoms. The van der Waals surface area contributed by atoms with E-state index in [1.165, 1.54) is 12.3 Å². The molecule has 1 fully saturated rings. The van der Waals surface area contributed by atoms with E-state index in [2.05, 4.69) is 10.6 Å². The molecule has 6 nitrogen and oxygen atoms in total. The Bertz CT molecular complexity index is 848. The first-order chi connectivity index (χ1) is 13.7. The number of urea groups is 1. The van der Waals surface area contributed by atoms with Gasteiger partial charge in [-0.15, -0.1) is 0 Å². The maximum absolute atomic E-state index is 13.0. The van der Waals surface area contributed by atoms with Gasteiger partial charge in [0.2, 0.25) is 5.91 Å². The van der Waals surface area contributed by atoms with Gasteiger partial charge in [0.05, 0.1) is 24.9 Å². The predicted molar refractivity (Wildman–Crippen MR) is 98.7 cm³/mol. The second kappa shape index (κ2) is 8.69. The number of imide groups is 1. The Hall–Kier alpha value is -2.81. The number of furan rings is 1. The SMILES string of the molecule is CC(c1cccc(C(F)(F)F)c1)N(CC(=O)NC(=O)NCc1ccco1)C1CC1. The van der Waals surface area contributed by atoms with Crippen molar-refractivity contribution < 1.29 is 27.2 Å². The van der Waals surface area contributed by atoms with Gasteiger partial charge in [-0.1, -0.05) is 12.1 Å². The maximum atomic E-state index is 13.0. The molecule has 9 heteroatoms. The van der Waals surface area contributed by atoms with Crippen LogP contribution in [0.3, 0.4) is 0 Å². The van der Waals surface area contributed by atoms with Crippen LogP contribution in [0.1, 0.15) is 42.7 Å². The van der Waals surface area contributed by atoms with E-state index in [1.54, 1.807) is 25.1 Å². The van der Waals surface area contributed by atoms with Gasteiger partial charge >= 0.3 is 12.2 Å². The van der Waals surface area contributed by atoms with Crippen LogP contribution >= 0.6 is 0 Å². The van der Waals surface area contributed by atoms with Gasteiger partial charge in [0.1, 0.15) is 5.76 Å². The number of carbonyl (C=O) groups excluding carboxylic acids is 2. The van der Waals surface area contributed by atoms with Crippen molar-refractivity contribution in [1.82, 2.24) is 15.5 Å². The van der Waals surface area contributed by atoms with E-state index in [0.717, 1.165) is 25.0 Å². The zero-order chi connectivity index (χ0) is 21.0. The number of carbonyl (C=O) groups is 2. The Morgan fingerprint density at radius 1 is 1.24 bits per heavy atom. The van der Waals surface area contributed by atoms with Crippen molar-refractivity contribution in [3.05, 3.63) is 59.5 Å². The normalized spacial score (nSPS) is 15.2. The van der Waals surface area contributed by atoms with E-state index in [-0.39, 0.29) is 19.1 Å². The monoisotopic (exact) mass is 409 g/mol. The molecule has 0 saturated heterocycles. The summed E-state index contributed by atoms with van der Waals surface area (Å²) < 4.78 is 44.1. The lowest BCUT2D eigenvalue weighted by molar-refractivity contribution is -0.137. The van der Waals surface area contributed by atoms with Crippen LogP contribution < -0.4 is 10.6 Å². The van der Waals surface area contributed by atoms with Crippen LogP contribution in [0.4, 0.5) is 18.0 Å². The zero-order valence-electron chi connectivity index (χ0n) is 15.8. The van der Waals surface area contributed by atoms with E-state index in [4.69, 9.17) is 4.42 Å². The fourth-order valence-electron chi connectivity index (χ4n) is 3.11. The second-order valence-corrected chi connectivity index (χ2v) is 7.01. The number of halogens is 3. The van der Waals surface area contributed by atoms with Crippen molar-refractivity contribution in [2.24, 2.45) is 0 Å². The zero-order valence-corrected chi connectivity index (χ0v) is 15.8.